The van der Waals surface area contributed by atoms with Gasteiger partial charge in [0.25, 0.3) is 0 Å². The van der Waals surface area contributed by atoms with Gasteiger partial charge in [0, 0.05) is 39.9 Å². The molecule has 242 valence electrons. The number of imidazole rings is 2. The number of rotatable bonds is 12. The smallest absolute Gasteiger partial charge is 0.230 e. The molecular formula is C38H42N6O3. The van der Waals surface area contributed by atoms with Gasteiger partial charge in [0.05, 0.1) is 42.8 Å². The van der Waals surface area contributed by atoms with Crippen LogP contribution < -0.4 is 9.47 Å². The minimum Gasteiger partial charge on any atom is -0.488 e. The number of aromatic nitrogens is 4. The van der Waals surface area contributed by atoms with E-state index in [1.54, 1.807) is 0 Å². The molecule has 0 aliphatic carbocycles. The van der Waals surface area contributed by atoms with Gasteiger partial charge in [-0.3, -0.25) is 9.69 Å². The maximum Gasteiger partial charge on any atom is 0.230 e. The molecule has 5 aromatic rings. The van der Waals surface area contributed by atoms with E-state index in [-0.39, 0.29) is 11.8 Å². The molecule has 7 rings (SSSR count). The molecule has 0 fully saturated rings. The highest BCUT2D eigenvalue weighted by Crippen LogP contribution is 2.50. The van der Waals surface area contributed by atoms with Crippen molar-refractivity contribution in [3.63, 3.8) is 0 Å². The Kier molecular flexibility index (Phi) is 8.56. The van der Waals surface area contributed by atoms with Gasteiger partial charge in [-0.15, -0.1) is 0 Å². The molecular weight excluding hydrogens is 588 g/mol. The Morgan fingerprint density at radius 2 is 1.36 bits per heavy atom. The lowest BCUT2D eigenvalue weighted by atomic mass is 9.87. The van der Waals surface area contributed by atoms with Gasteiger partial charge in [-0.1, -0.05) is 44.2 Å². The van der Waals surface area contributed by atoms with E-state index >= 15 is 0 Å². The van der Waals surface area contributed by atoms with Crippen LogP contribution in [0, 0.1) is 0 Å². The average molecular weight is 631 g/mol. The number of benzene rings is 3. The summed E-state index contributed by atoms with van der Waals surface area (Å²) in [7, 11) is 2.11. The van der Waals surface area contributed by atoms with Crippen molar-refractivity contribution in [3.8, 4) is 45.1 Å². The van der Waals surface area contributed by atoms with Gasteiger partial charge in [-0.25, -0.2) is 9.97 Å². The van der Waals surface area contributed by atoms with Crippen LogP contribution in [-0.4, -0.2) is 55.8 Å². The Bertz CT molecular complexity index is 1840. The van der Waals surface area contributed by atoms with Crippen LogP contribution in [0.4, 0.5) is 0 Å². The highest BCUT2D eigenvalue weighted by Gasteiger charge is 2.30. The van der Waals surface area contributed by atoms with E-state index in [4.69, 9.17) is 9.47 Å². The number of hydrogen-bond donors (Lipinski definition) is 2. The van der Waals surface area contributed by atoms with Gasteiger partial charge >= 0.3 is 0 Å². The van der Waals surface area contributed by atoms with Crippen LogP contribution in [-0.2, 0) is 31.1 Å². The standard InChI is InChI=1S/C38H42N6O3/c1-5-12-43(4)20-34-39-18-30(41-34)26-14-28-22-47-33-17-27(15-29-23-46-32(16-26)36(28)37(29)33)31-19-40-35(42-31)21-44(13-6-2)38(45)24(3)25-10-8-7-9-11-25/h7-11,14-19,24H,5-6,12-13,20-23H2,1-4H3,(H,39,41)(H,40,42)/t24-/m1/s1. The highest BCUT2D eigenvalue weighted by atomic mass is 16.5. The number of carbonyl (C=O) groups is 1. The lowest BCUT2D eigenvalue weighted by Gasteiger charge is -2.30. The second-order valence-corrected chi connectivity index (χ2v) is 12.7. The van der Waals surface area contributed by atoms with E-state index < -0.39 is 0 Å². The van der Waals surface area contributed by atoms with Crippen molar-refractivity contribution in [2.45, 2.75) is 65.8 Å². The van der Waals surface area contributed by atoms with Crippen LogP contribution in [0.15, 0.2) is 67.0 Å². The summed E-state index contributed by atoms with van der Waals surface area (Å²) >= 11 is 0. The second-order valence-electron chi connectivity index (χ2n) is 12.7. The van der Waals surface area contributed by atoms with Crippen molar-refractivity contribution in [1.29, 1.82) is 0 Å². The second kappa shape index (κ2) is 13.1. The maximum absolute atomic E-state index is 13.5. The first-order valence-corrected chi connectivity index (χ1v) is 16.6. The fourth-order valence-electron chi connectivity index (χ4n) is 6.76. The van der Waals surface area contributed by atoms with E-state index in [9.17, 15) is 4.79 Å². The Morgan fingerprint density at radius 1 is 0.809 bits per heavy atom. The monoisotopic (exact) mass is 630 g/mol. The minimum absolute atomic E-state index is 0.102. The Labute approximate surface area is 276 Å². The predicted octanol–water partition coefficient (Wildman–Crippen LogP) is 7.30. The molecule has 2 aliphatic rings. The summed E-state index contributed by atoms with van der Waals surface area (Å²) in [4.78, 5) is 33.9. The fourth-order valence-corrected chi connectivity index (χ4v) is 6.76. The summed E-state index contributed by atoms with van der Waals surface area (Å²) in [6.07, 6.45) is 5.73. The van der Waals surface area contributed by atoms with Crippen molar-refractivity contribution in [1.82, 2.24) is 29.7 Å². The molecule has 0 saturated carbocycles. The zero-order valence-corrected chi connectivity index (χ0v) is 27.6. The van der Waals surface area contributed by atoms with Gasteiger partial charge in [0.2, 0.25) is 5.91 Å². The molecule has 2 N–H and O–H groups in total. The Balaban J connectivity index is 1.12. The summed E-state index contributed by atoms with van der Waals surface area (Å²) in [6.45, 7) is 10.1. The van der Waals surface area contributed by atoms with Gasteiger partial charge in [-0.05, 0) is 63.2 Å². The number of carbonyl (C=O) groups excluding carboxylic acids is 1. The molecule has 47 heavy (non-hydrogen) atoms. The van der Waals surface area contributed by atoms with Crippen LogP contribution >= 0.6 is 0 Å². The number of nitrogens with one attached hydrogen (secondary N) is 2. The summed E-state index contributed by atoms with van der Waals surface area (Å²) < 4.78 is 12.8. The molecule has 4 heterocycles. The molecule has 0 spiro atoms. The normalized spacial score (nSPS) is 13.6. The van der Waals surface area contributed by atoms with Crippen molar-refractivity contribution >= 4 is 5.91 Å². The molecule has 0 bridgehead atoms. The average Bonchev–Trinajstić information content (AvgIpc) is 3.76. The topological polar surface area (TPSA) is 99.4 Å². The van der Waals surface area contributed by atoms with E-state index in [1.165, 1.54) is 0 Å². The number of hydrogen-bond acceptors (Lipinski definition) is 6. The first-order valence-electron chi connectivity index (χ1n) is 16.6. The first kappa shape index (κ1) is 30.7. The quantitative estimate of drug-likeness (QED) is 0.150. The summed E-state index contributed by atoms with van der Waals surface area (Å²) in [5, 5.41) is 0. The lowest BCUT2D eigenvalue weighted by molar-refractivity contribution is -0.133. The zero-order chi connectivity index (χ0) is 32.5. The number of H-pyrrole nitrogens is 2. The van der Waals surface area contributed by atoms with Crippen molar-refractivity contribution in [2.75, 3.05) is 20.1 Å². The number of amides is 1. The van der Waals surface area contributed by atoms with Gasteiger partial charge in [-0.2, -0.15) is 0 Å². The van der Waals surface area contributed by atoms with Gasteiger partial charge in [0.1, 0.15) is 36.4 Å². The number of aromatic amines is 2. The van der Waals surface area contributed by atoms with Crippen molar-refractivity contribution in [2.24, 2.45) is 0 Å². The van der Waals surface area contributed by atoms with Crippen molar-refractivity contribution < 1.29 is 14.3 Å². The molecule has 9 nitrogen and oxygen atoms in total. The molecule has 0 saturated heterocycles. The Morgan fingerprint density at radius 3 is 1.91 bits per heavy atom. The maximum atomic E-state index is 13.5. The van der Waals surface area contributed by atoms with Gasteiger partial charge < -0.3 is 24.3 Å². The van der Waals surface area contributed by atoms with Crippen LogP contribution in [0.5, 0.6) is 11.5 Å². The van der Waals surface area contributed by atoms with E-state index in [0.29, 0.717) is 26.3 Å². The first-order chi connectivity index (χ1) is 22.9. The molecule has 2 aromatic heterocycles. The molecule has 3 aromatic carbocycles. The molecule has 9 heteroatoms. The van der Waals surface area contributed by atoms with Crippen LogP contribution in [0.25, 0.3) is 33.6 Å². The fraction of sp³-hybridized carbons (Fsp3) is 0.342. The molecule has 2 aliphatic heterocycles. The lowest BCUT2D eigenvalue weighted by Crippen LogP contribution is -2.34. The summed E-state index contributed by atoms with van der Waals surface area (Å²) in [5.74, 6) is 3.31. The van der Waals surface area contributed by atoms with E-state index in [2.05, 4.69) is 70.0 Å². The van der Waals surface area contributed by atoms with E-state index in [1.807, 2.05) is 54.5 Å². The van der Waals surface area contributed by atoms with Crippen LogP contribution in [0.2, 0.25) is 0 Å². The zero-order valence-electron chi connectivity index (χ0n) is 27.6. The SMILES string of the molecule is CCCN(C)Cc1ncc(-c2cc3c4c(c2)OCc2cc(-c5cnc(CN(CCC)C(=O)[C@H](C)c6ccccc6)[nH]5)cc(c2-4)OC3)[nH]1. The van der Waals surface area contributed by atoms with Crippen LogP contribution in [0.3, 0.4) is 0 Å². The molecule has 0 unspecified atom stereocenters. The molecule has 1 atom stereocenters. The number of nitrogens with zero attached hydrogens (tertiary/aromatic N) is 4. The van der Waals surface area contributed by atoms with E-state index in [0.717, 1.165) is 99.4 Å². The molecule has 1 amide bonds. The largest absolute Gasteiger partial charge is 0.488 e. The summed E-state index contributed by atoms with van der Waals surface area (Å²) in [6, 6.07) is 18.5. The third kappa shape index (κ3) is 6.15. The van der Waals surface area contributed by atoms with Crippen LogP contribution in [0.1, 0.15) is 67.9 Å². The van der Waals surface area contributed by atoms with Gasteiger partial charge in [0.15, 0.2) is 0 Å². The summed E-state index contributed by atoms with van der Waals surface area (Å²) in [5.41, 5.74) is 9.30. The minimum atomic E-state index is -0.221. The molecule has 0 radical (unpaired) electrons. The highest BCUT2D eigenvalue weighted by molar-refractivity contribution is 5.88. The van der Waals surface area contributed by atoms with Crippen molar-refractivity contribution in [3.05, 3.63) is 95.3 Å². The predicted molar refractivity (Wildman–Crippen MR) is 183 cm³/mol. The third-order valence-corrected chi connectivity index (χ3v) is 9.10. The Hall–Kier alpha value is -4.89. The number of ether oxygens (including phenoxy) is 2. The third-order valence-electron chi connectivity index (χ3n) is 9.10.